The minimum atomic E-state index is -0.554. The maximum Gasteiger partial charge on any atom is 0.249 e. The lowest BCUT2D eigenvalue weighted by Gasteiger charge is -2.44. The molecule has 0 spiro atoms. The number of tetrazole rings is 1. The van der Waals surface area contributed by atoms with Crippen LogP contribution < -0.4 is 10.6 Å². The number of nitrogens with zero attached hydrogens (tertiary/aromatic N) is 4. The van der Waals surface area contributed by atoms with Crippen LogP contribution in [0.2, 0.25) is 0 Å². The van der Waals surface area contributed by atoms with Gasteiger partial charge in [0, 0.05) is 4.75 Å². The van der Waals surface area contributed by atoms with Crippen molar-refractivity contribution in [2.45, 2.75) is 42.1 Å². The maximum atomic E-state index is 12.8. The van der Waals surface area contributed by atoms with Crippen LogP contribution >= 0.6 is 11.8 Å². The zero-order valence-corrected chi connectivity index (χ0v) is 16.0. The van der Waals surface area contributed by atoms with Crippen molar-refractivity contribution < 1.29 is 9.59 Å². The Bertz CT molecular complexity index is 842. The fraction of sp³-hybridized carbons (Fsp3) is 0.471. The minimum Gasteiger partial charge on any atom is -0.340 e. The van der Waals surface area contributed by atoms with Gasteiger partial charge in [-0.1, -0.05) is 30.3 Å². The van der Waals surface area contributed by atoms with Gasteiger partial charge in [0.25, 0.3) is 0 Å². The van der Waals surface area contributed by atoms with E-state index >= 15 is 0 Å². The Morgan fingerprint density at radius 2 is 2.07 bits per heavy atom. The molecule has 3 heterocycles. The Hall–Kier alpha value is -2.46. The molecule has 142 valence electrons. The number of nitrogens with one attached hydrogen (secondary N) is 3. The fourth-order valence-electron chi connectivity index (χ4n) is 3.80. The van der Waals surface area contributed by atoms with Crippen LogP contribution in [0.1, 0.15) is 37.3 Å². The van der Waals surface area contributed by atoms with Crippen molar-refractivity contribution in [2.24, 2.45) is 0 Å². The monoisotopic (exact) mass is 387 g/mol. The molecule has 2 amide bonds. The van der Waals surface area contributed by atoms with Crippen molar-refractivity contribution in [3.05, 3.63) is 41.7 Å². The molecule has 3 unspecified atom stereocenters. The summed E-state index contributed by atoms with van der Waals surface area (Å²) >= 11 is 1.65. The topological polar surface area (TPSA) is 116 Å². The van der Waals surface area contributed by atoms with Gasteiger partial charge in [-0.25, -0.2) is 5.10 Å². The third kappa shape index (κ3) is 2.88. The van der Waals surface area contributed by atoms with Gasteiger partial charge in [-0.05, 0) is 36.9 Å². The van der Waals surface area contributed by atoms with E-state index in [1.165, 1.54) is 0 Å². The second kappa shape index (κ2) is 6.61. The molecule has 0 radical (unpaired) electrons. The normalized spacial score (nSPS) is 27.0. The van der Waals surface area contributed by atoms with Crippen LogP contribution in [0.15, 0.2) is 30.3 Å². The highest BCUT2D eigenvalue weighted by Gasteiger charge is 2.63. The minimum absolute atomic E-state index is 0.115. The van der Waals surface area contributed by atoms with Gasteiger partial charge in [-0.15, -0.1) is 16.9 Å². The zero-order valence-electron chi connectivity index (χ0n) is 15.2. The Kier molecular flexibility index (Phi) is 4.39. The molecule has 0 saturated carbocycles. The molecule has 0 bridgehead atoms. The number of aromatic amines is 1. The molecule has 2 fully saturated rings. The molecular weight excluding hydrogens is 366 g/mol. The van der Waals surface area contributed by atoms with Crippen LogP contribution in [0, 0.1) is 0 Å². The molecule has 2 saturated heterocycles. The number of aromatic nitrogens is 4. The molecule has 1 aromatic heterocycles. The van der Waals surface area contributed by atoms with Crippen molar-refractivity contribution in [2.75, 3.05) is 7.05 Å². The van der Waals surface area contributed by atoms with Crippen LogP contribution in [0.5, 0.6) is 0 Å². The number of thioether (sulfide) groups is 1. The van der Waals surface area contributed by atoms with Crippen LogP contribution in [0.25, 0.3) is 0 Å². The third-order valence-corrected chi connectivity index (χ3v) is 6.61. The van der Waals surface area contributed by atoms with Crippen molar-refractivity contribution in [3.63, 3.8) is 0 Å². The molecule has 27 heavy (non-hydrogen) atoms. The standard InChI is InChI=1S/C17H21N7O2S/c1-17(2)12(13-20-22-23-21-13)24-15(26)11(16(24)27-17)19-14(25)10(18-3)9-7-5-4-6-8-9/h4-8,10-12,16,18H,1-3H3,(H,19,25)(H,20,21,22,23)/t10?,11?,12?,16-/m1/s1. The summed E-state index contributed by atoms with van der Waals surface area (Å²) in [6, 6.07) is 8.12. The lowest BCUT2D eigenvalue weighted by atomic mass is 9.95. The van der Waals surface area contributed by atoms with Crippen molar-refractivity contribution in [1.82, 2.24) is 36.2 Å². The summed E-state index contributed by atoms with van der Waals surface area (Å²) in [6.45, 7) is 4.10. The van der Waals surface area contributed by atoms with Gasteiger partial charge >= 0.3 is 0 Å². The third-order valence-electron chi connectivity index (χ3n) is 5.04. The van der Waals surface area contributed by atoms with Gasteiger partial charge in [0.15, 0.2) is 5.82 Å². The van der Waals surface area contributed by atoms with Gasteiger partial charge in [0.1, 0.15) is 23.5 Å². The first-order valence-electron chi connectivity index (χ1n) is 8.70. The molecule has 0 aliphatic carbocycles. The highest BCUT2D eigenvalue weighted by Crippen LogP contribution is 2.56. The SMILES string of the molecule is CNC(C(=O)NC1C(=O)N2C(c3nnn[nH]3)C(C)(C)S[C@H]12)c1ccccc1. The van der Waals surface area contributed by atoms with E-state index < -0.39 is 12.1 Å². The Morgan fingerprint density at radius 1 is 1.33 bits per heavy atom. The molecule has 4 rings (SSSR count). The van der Waals surface area contributed by atoms with Crippen molar-refractivity contribution in [3.8, 4) is 0 Å². The summed E-state index contributed by atoms with van der Waals surface area (Å²) in [5.74, 6) is 0.228. The molecule has 10 heteroatoms. The highest BCUT2D eigenvalue weighted by molar-refractivity contribution is 8.01. The van der Waals surface area contributed by atoms with Crippen molar-refractivity contribution in [1.29, 1.82) is 0 Å². The average Bonchev–Trinajstić information content (AvgIpc) is 3.25. The number of benzene rings is 1. The Labute approximate surface area is 160 Å². The van der Waals surface area contributed by atoms with E-state index in [0.717, 1.165) is 5.56 Å². The predicted molar refractivity (Wildman–Crippen MR) is 99.4 cm³/mol. The number of hydrogen-bond acceptors (Lipinski definition) is 7. The van der Waals surface area contributed by atoms with Gasteiger partial charge in [0.05, 0.1) is 0 Å². The number of fused-ring (bicyclic) bond motifs is 1. The Balaban J connectivity index is 1.51. The summed E-state index contributed by atoms with van der Waals surface area (Å²) in [4.78, 5) is 27.4. The van der Waals surface area contributed by atoms with E-state index in [9.17, 15) is 9.59 Å². The number of hydrogen-bond donors (Lipinski definition) is 3. The van der Waals surface area contributed by atoms with E-state index in [4.69, 9.17) is 0 Å². The first kappa shape index (κ1) is 17.9. The average molecular weight is 387 g/mol. The summed E-state index contributed by atoms with van der Waals surface area (Å²) in [6.07, 6.45) is 0. The first-order chi connectivity index (χ1) is 12.9. The molecule has 2 aromatic rings. The number of rotatable bonds is 5. The van der Waals surface area contributed by atoms with E-state index in [1.807, 2.05) is 30.3 Å². The number of carbonyl (C=O) groups excluding carboxylic acids is 2. The Morgan fingerprint density at radius 3 is 2.70 bits per heavy atom. The van der Waals surface area contributed by atoms with E-state index in [-0.39, 0.29) is 28.0 Å². The summed E-state index contributed by atoms with van der Waals surface area (Å²) in [5.41, 5.74) is 0.853. The van der Waals surface area contributed by atoms with Crippen LogP contribution in [0.3, 0.4) is 0 Å². The maximum absolute atomic E-state index is 12.8. The molecule has 9 nitrogen and oxygen atoms in total. The number of carbonyl (C=O) groups is 2. The van der Waals surface area contributed by atoms with E-state index in [2.05, 4.69) is 45.1 Å². The quantitative estimate of drug-likeness (QED) is 0.635. The summed E-state index contributed by atoms with van der Waals surface area (Å²) in [5, 5.41) is 19.8. The van der Waals surface area contributed by atoms with E-state index in [1.54, 1.807) is 23.7 Å². The lowest BCUT2D eigenvalue weighted by molar-refractivity contribution is -0.152. The fourth-order valence-corrected chi connectivity index (χ4v) is 5.44. The number of H-pyrrole nitrogens is 1. The first-order valence-corrected chi connectivity index (χ1v) is 9.58. The van der Waals surface area contributed by atoms with Crippen LogP contribution in [-0.4, -0.2) is 60.5 Å². The zero-order chi connectivity index (χ0) is 19.2. The van der Waals surface area contributed by atoms with E-state index in [0.29, 0.717) is 5.82 Å². The molecular formula is C17H21N7O2S. The predicted octanol–water partition coefficient (Wildman–Crippen LogP) is 0.380. The second-order valence-electron chi connectivity index (χ2n) is 7.17. The van der Waals surface area contributed by atoms with Gasteiger partial charge < -0.3 is 15.5 Å². The summed E-state index contributed by atoms with van der Waals surface area (Å²) in [7, 11) is 1.73. The number of β-lactam (4-membered cyclic amide) rings is 1. The summed E-state index contributed by atoms with van der Waals surface area (Å²) < 4.78 is -0.275. The second-order valence-corrected chi connectivity index (χ2v) is 8.94. The molecule has 1 aromatic carbocycles. The molecule has 2 aliphatic rings. The highest BCUT2D eigenvalue weighted by atomic mass is 32.2. The van der Waals surface area contributed by atoms with Gasteiger partial charge in [-0.3, -0.25) is 9.59 Å². The molecule has 2 aliphatic heterocycles. The van der Waals surface area contributed by atoms with Gasteiger partial charge in [0.2, 0.25) is 11.8 Å². The number of amides is 2. The smallest absolute Gasteiger partial charge is 0.249 e. The molecule has 3 N–H and O–H groups in total. The van der Waals surface area contributed by atoms with Gasteiger partial charge in [-0.2, -0.15) is 0 Å². The largest absolute Gasteiger partial charge is 0.340 e. The lowest BCUT2D eigenvalue weighted by Crippen LogP contribution is -2.68. The van der Waals surface area contributed by atoms with Crippen molar-refractivity contribution >= 4 is 23.6 Å². The molecule has 4 atom stereocenters. The number of likely N-dealkylation sites (N-methyl/N-ethyl adjacent to an activating group) is 1. The van der Waals surface area contributed by atoms with Crippen LogP contribution in [-0.2, 0) is 9.59 Å². The van der Waals surface area contributed by atoms with Crippen LogP contribution in [0.4, 0.5) is 0 Å².